The molecule has 0 aliphatic heterocycles. The maximum absolute atomic E-state index is 11.5. The summed E-state index contributed by atoms with van der Waals surface area (Å²) in [6.07, 6.45) is 1.07. The van der Waals surface area contributed by atoms with Crippen LogP contribution in [0.25, 0.3) is 0 Å². The Morgan fingerprint density at radius 2 is 2.16 bits per heavy atom. The molecule has 19 heavy (non-hydrogen) atoms. The molecule has 0 aliphatic carbocycles. The topological polar surface area (TPSA) is 57.3 Å². The molecule has 0 saturated heterocycles. The van der Waals surface area contributed by atoms with Crippen LogP contribution in [-0.2, 0) is 11.3 Å². The Hall–Kier alpha value is -1.62. The number of likely N-dealkylation sites (N-methyl/N-ethyl adjacent to an activating group) is 2. The second-order valence-corrected chi connectivity index (χ2v) is 4.57. The molecule has 0 spiro atoms. The number of hydrogen-bond acceptors (Lipinski definition) is 4. The summed E-state index contributed by atoms with van der Waals surface area (Å²) < 4.78 is 0. The molecule has 1 amide bonds. The summed E-state index contributed by atoms with van der Waals surface area (Å²) in [4.78, 5) is 17.9. The van der Waals surface area contributed by atoms with E-state index in [0.717, 1.165) is 24.5 Å². The van der Waals surface area contributed by atoms with Crippen LogP contribution in [-0.4, -0.2) is 42.5 Å². The lowest BCUT2D eigenvalue weighted by molar-refractivity contribution is -0.121. The van der Waals surface area contributed by atoms with Crippen molar-refractivity contribution in [3.8, 4) is 0 Å². The average molecular weight is 264 g/mol. The molecule has 0 fully saturated rings. The van der Waals surface area contributed by atoms with E-state index in [1.807, 2.05) is 37.1 Å². The average Bonchev–Trinajstić information content (AvgIpc) is 2.36. The first kappa shape index (κ1) is 15.4. The zero-order valence-corrected chi connectivity index (χ0v) is 12.1. The van der Waals surface area contributed by atoms with Gasteiger partial charge >= 0.3 is 0 Å². The molecule has 0 saturated carbocycles. The van der Waals surface area contributed by atoms with Crippen molar-refractivity contribution in [2.75, 3.05) is 32.0 Å². The Bertz CT molecular complexity index is 395. The monoisotopic (exact) mass is 264 g/mol. The summed E-state index contributed by atoms with van der Waals surface area (Å²) in [5.74, 6) is 0.941. The quantitative estimate of drug-likeness (QED) is 0.746. The van der Waals surface area contributed by atoms with Crippen molar-refractivity contribution in [2.45, 2.75) is 26.8 Å². The van der Waals surface area contributed by atoms with Gasteiger partial charge in [-0.15, -0.1) is 0 Å². The Labute approximate surface area is 115 Å². The normalized spacial score (nSPS) is 10.5. The fourth-order valence-corrected chi connectivity index (χ4v) is 1.75. The molecule has 1 rings (SSSR count). The fourth-order valence-electron chi connectivity index (χ4n) is 1.75. The van der Waals surface area contributed by atoms with Gasteiger partial charge in [0.25, 0.3) is 0 Å². The SMILES string of the molecule is CCCNc1cccc(CN(C)CC(=O)NCC)n1. The Morgan fingerprint density at radius 1 is 1.37 bits per heavy atom. The largest absolute Gasteiger partial charge is 0.370 e. The van der Waals surface area contributed by atoms with E-state index in [1.165, 1.54) is 0 Å². The first-order valence-electron chi connectivity index (χ1n) is 6.80. The first-order chi connectivity index (χ1) is 9.15. The van der Waals surface area contributed by atoms with E-state index in [0.29, 0.717) is 19.6 Å². The second-order valence-electron chi connectivity index (χ2n) is 4.57. The lowest BCUT2D eigenvalue weighted by Gasteiger charge is -2.16. The van der Waals surface area contributed by atoms with Crippen LogP contribution in [0.15, 0.2) is 18.2 Å². The molecule has 0 radical (unpaired) electrons. The molecule has 0 unspecified atom stereocenters. The highest BCUT2D eigenvalue weighted by molar-refractivity contribution is 5.77. The minimum absolute atomic E-state index is 0.0465. The number of aromatic nitrogens is 1. The van der Waals surface area contributed by atoms with Gasteiger partial charge in [0.05, 0.1) is 12.2 Å². The maximum atomic E-state index is 11.5. The van der Waals surface area contributed by atoms with Crippen LogP contribution >= 0.6 is 0 Å². The summed E-state index contributed by atoms with van der Waals surface area (Å²) in [6, 6.07) is 5.93. The van der Waals surface area contributed by atoms with Crippen molar-refractivity contribution in [1.82, 2.24) is 15.2 Å². The Balaban J connectivity index is 2.49. The predicted molar refractivity (Wildman–Crippen MR) is 78.0 cm³/mol. The van der Waals surface area contributed by atoms with Crippen molar-refractivity contribution >= 4 is 11.7 Å². The Morgan fingerprint density at radius 3 is 2.84 bits per heavy atom. The van der Waals surface area contributed by atoms with Crippen LogP contribution in [0.4, 0.5) is 5.82 Å². The van der Waals surface area contributed by atoms with Crippen LogP contribution < -0.4 is 10.6 Å². The van der Waals surface area contributed by atoms with Crippen LogP contribution in [0, 0.1) is 0 Å². The first-order valence-corrected chi connectivity index (χ1v) is 6.80. The van der Waals surface area contributed by atoms with Crippen molar-refractivity contribution < 1.29 is 4.79 Å². The summed E-state index contributed by atoms with van der Waals surface area (Å²) in [6.45, 7) is 6.69. The predicted octanol–water partition coefficient (Wildman–Crippen LogP) is 1.47. The van der Waals surface area contributed by atoms with Gasteiger partial charge in [-0.05, 0) is 32.5 Å². The van der Waals surface area contributed by atoms with Gasteiger partial charge in [-0.25, -0.2) is 4.98 Å². The van der Waals surface area contributed by atoms with Gasteiger partial charge in [-0.2, -0.15) is 0 Å². The molecule has 1 aromatic heterocycles. The number of carbonyl (C=O) groups excluding carboxylic acids is 1. The van der Waals surface area contributed by atoms with E-state index in [4.69, 9.17) is 0 Å². The number of nitrogens with zero attached hydrogens (tertiary/aromatic N) is 2. The van der Waals surface area contributed by atoms with E-state index >= 15 is 0 Å². The lowest BCUT2D eigenvalue weighted by Crippen LogP contribution is -2.34. The summed E-state index contributed by atoms with van der Waals surface area (Å²) in [7, 11) is 1.92. The van der Waals surface area contributed by atoms with Gasteiger partial charge in [0.15, 0.2) is 0 Å². The van der Waals surface area contributed by atoms with E-state index < -0.39 is 0 Å². The third kappa shape index (κ3) is 6.20. The van der Waals surface area contributed by atoms with Crippen molar-refractivity contribution in [3.63, 3.8) is 0 Å². The molecule has 106 valence electrons. The fraction of sp³-hybridized carbons (Fsp3) is 0.571. The number of nitrogens with one attached hydrogen (secondary N) is 2. The molecule has 5 nitrogen and oxygen atoms in total. The number of carbonyl (C=O) groups is 1. The smallest absolute Gasteiger partial charge is 0.234 e. The third-order valence-corrected chi connectivity index (χ3v) is 2.58. The summed E-state index contributed by atoms with van der Waals surface area (Å²) >= 11 is 0. The van der Waals surface area contributed by atoms with Crippen LogP contribution in [0.5, 0.6) is 0 Å². The zero-order valence-electron chi connectivity index (χ0n) is 12.1. The minimum Gasteiger partial charge on any atom is -0.370 e. The zero-order chi connectivity index (χ0) is 14.1. The van der Waals surface area contributed by atoms with Gasteiger partial charge in [0.1, 0.15) is 5.82 Å². The van der Waals surface area contributed by atoms with Crippen LogP contribution in [0.2, 0.25) is 0 Å². The molecular weight excluding hydrogens is 240 g/mol. The van der Waals surface area contributed by atoms with Crippen LogP contribution in [0.1, 0.15) is 26.0 Å². The third-order valence-electron chi connectivity index (χ3n) is 2.58. The molecule has 5 heteroatoms. The molecule has 1 heterocycles. The van der Waals surface area contributed by atoms with Gasteiger partial charge < -0.3 is 10.6 Å². The van der Waals surface area contributed by atoms with Gasteiger partial charge in [-0.1, -0.05) is 13.0 Å². The minimum atomic E-state index is 0.0465. The van der Waals surface area contributed by atoms with Gasteiger partial charge in [0.2, 0.25) is 5.91 Å². The lowest BCUT2D eigenvalue weighted by atomic mass is 10.3. The van der Waals surface area contributed by atoms with Gasteiger partial charge in [-0.3, -0.25) is 9.69 Å². The standard InChI is InChI=1S/C14H24N4O/c1-4-9-16-13-8-6-7-12(17-13)10-18(3)11-14(19)15-5-2/h6-8H,4-5,9-11H2,1-3H3,(H,15,19)(H,16,17). The number of rotatable bonds is 8. The number of amides is 1. The van der Waals surface area contributed by atoms with E-state index in [1.54, 1.807) is 0 Å². The van der Waals surface area contributed by atoms with Crippen LogP contribution in [0.3, 0.4) is 0 Å². The number of hydrogen-bond donors (Lipinski definition) is 2. The van der Waals surface area contributed by atoms with Gasteiger partial charge in [0, 0.05) is 19.6 Å². The van der Waals surface area contributed by atoms with Crippen molar-refractivity contribution in [3.05, 3.63) is 23.9 Å². The molecule has 1 aromatic rings. The molecule has 0 bridgehead atoms. The highest BCUT2D eigenvalue weighted by Crippen LogP contribution is 2.06. The second kappa shape index (κ2) is 8.48. The van der Waals surface area contributed by atoms with E-state index in [2.05, 4.69) is 22.5 Å². The Kier molecular flexibility index (Phi) is 6.89. The molecule has 0 atom stereocenters. The van der Waals surface area contributed by atoms with E-state index in [9.17, 15) is 4.79 Å². The number of pyridine rings is 1. The van der Waals surface area contributed by atoms with Crippen molar-refractivity contribution in [1.29, 1.82) is 0 Å². The van der Waals surface area contributed by atoms with E-state index in [-0.39, 0.29) is 5.91 Å². The molecular formula is C14H24N4O. The molecule has 0 aromatic carbocycles. The maximum Gasteiger partial charge on any atom is 0.234 e. The summed E-state index contributed by atoms with van der Waals surface area (Å²) in [5, 5.41) is 6.05. The van der Waals surface area contributed by atoms with Crippen molar-refractivity contribution in [2.24, 2.45) is 0 Å². The molecule has 2 N–H and O–H groups in total. The highest BCUT2D eigenvalue weighted by atomic mass is 16.1. The summed E-state index contributed by atoms with van der Waals surface area (Å²) in [5.41, 5.74) is 0.966. The molecule has 0 aliphatic rings. The highest BCUT2D eigenvalue weighted by Gasteiger charge is 2.07. The number of anilines is 1.